The molecule has 4 rings (SSSR count). The van der Waals surface area contributed by atoms with Gasteiger partial charge in [-0.15, -0.1) is 0 Å². The highest BCUT2D eigenvalue weighted by atomic mass is 32.2. The smallest absolute Gasteiger partial charge is 0.201 e. The number of hydrogen-bond donors (Lipinski definition) is 0. The molecular formula is C22H24N4O2S. The number of aryl methyl sites for hydroxylation is 1. The Bertz CT molecular complexity index is 908. The molecule has 0 radical (unpaired) electrons. The van der Waals surface area contributed by atoms with Gasteiger partial charge in [0, 0.05) is 31.6 Å². The Balaban J connectivity index is 1.26. The number of rotatable bonds is 6. The van der Waals surface area contributed by atoms with Gasteiger partial charge in [0.2, 0.25) is 5.12 Å². The average Bonchev–Trinajstić information content (AvgIpc) is 3.05. The summed E-state index contributed by atoms with van der Waals surface area (Å²) in [4.78, 5) is 39.3. The van der Waals surface area contributed by atoms with Crippen molar-refractivity contribution in [2.75, 3.05) is 13.1 Å². The third kappa shape index (κ3) is 5.58. The lowest BCUT2D eigenvalue weighted by Gasteiger charge is -2.31. The van der Waals surface area contributed by atoms with Crippen molar-refractivity contribution < 1.29 is 9.59 Å². The van der Waals surface area contributed by atoms with E-state index in [9.17, 15) is 9.59 Å². The van der Waals surface area contributed by atoms with Crippen molar-refractivity contribution in [1.29, 1.82) is 0 Å². The van der Waals surface area contributed by atoms with Crippen molar-refractivity contribution in [3.8, 4) is 0 Å². The van der Waals surface area contributed by atoms with Crippen LogP contribution in [-0.4, -0.2) is 43.8 Å². The fraction of sp³-hybridized carbons (Fsp3) is 0.409. The van der Waals surface area contributed by atoms with Crippen LogP contribution in [0.4, 0.5) is 0 Å². The number of carbonyl (C=O) groups excluding carboxylic acids is 2. The molecule has 0 atom stereocenters. The number of thioether (sulfide) groups is 1. The van der Waals surface area contributed by atoms with Crippen LogP contribution in [0.1, 0.15) is 42.8 Å². The summed E-state index contributed by atoms with van der Waals surface area (Å²) in [6.07, 6.45) is 11.5. The molecule has 2 aromatic heterocycles. The number of likely N-dealkylation sites (tertiary alicyclic amines) is 1. The molecule has 7 heteroatoms. The van der Waals surface area contributed by atoms with E-state index in [1.54, 1.807) is 18.3 Å². The summed E-state index contributed by atoms with van der Waals surface area (Å²) in [6.45, 7) is 3.19. The van der Waals surface area contributed by atoms with Gasteiger partial charge in [-0.05, 0) is 73.8 Å². The molecule has 0 N–H and O–H groups in total. The molecule has 0 saturated carbocycles. The van der Waals surface area contributed by atoms with Gasteiger partial charge in [-0.1, -0.05) is 6.07 Å². The van der Waals surface area contributed by atoms with E-state index in [1.807, 2.05) is 18.5 Å². The monoisotopic (exact) mass is 408 g/mol. The van der Waals surface area contributed by atoms with Crippen molar-refractivity contribution in [2.45, 2.75) is 38.6 Å². The van der Waals surface area contributed by atoms with Gasteiger partial charge in [-0.2, -0.15) is 0 Å². The summed E-state index contributed by atoms with van der Waals surface area (Å²) in [7, 11) is 0. The molecule has 2 saturated heterocycles. The molecule has 0 unspecified atom stereocenters. The number of hydrogen-bond acceptors (Lipinski definition) is 7. The van der Waals surface area contributed by atoms with Crippen molar-refractivity contribution >= 4 is 28.7 Å². The first-order valence-electron chi connectivity index (χ1n) is 10.0. The van der Waals surface area contributed by atoms with Crippen LogP contribution in [0.5, 0.6) is 0 Å². The fourth-order valence-electron chi connectivity index (χ4n) is 3.81. The van der Waals surface area contributed by atoms with E-state index in [0.29, 0.717) is 16.5 Å². The van der Waals surface area contributed by atoms with Gasteiger partial charge in [0.15, 0.2) is 5.78 Å². The molecule has 29 heavy (non-hydrogen) atoms. The predicted octanol–water partition coefficient (Wildman–Crippen LogP) is 3.29. The van der Waals surface area contributed by atoms with Crippen LogP contribution in [-0.2, 0) is 22.6 Å². The third-order valence-electron chi connectivity index (χ3n) is 5.42. The second kappa shape index (κ2) is 9.41. The lowest BCUT2D eigenvalue weighted by Crippen LogP contribution is -2.33. The van der Waals surface area contributed by atoms with Crippen LogP contribution in [0.3, 0.4) is 0 Å². The Kier molecular flexibility index (Phi) is 6.46. The van der Waals surface area contributed by atoms with Crippen LogP contribution < -0.4 is 0 Å². The number of nitrogens with zero attached hydrogens (tertiary/aromatic N) is 4. The van der Waals surface area contributed by atoms with Gasteiger partial charge in [0.1, 0.15) is 5.82 Å². The molecule has 0 bridgehead atoms. The second-order valence-electron chi connectivity index (χ2n) is 7.60. The Morgan fingerprint density at radius 1 is 1.17 bits per heavy atom. The van der Waals surface area contributed by atoms with Crippen molar-refractivity contribution in [2.24, 2.45) is 5.92 Å². The minimum atomic E-state index is -0.113. The Morgan fingerprint density at radius 3 is 2.76 bits per heavy atom. The maximum Gasteiger partial charge on any atom is 0.201 e. The van der Waals surface area contributed by atoms with Crippen molar-refractivity contribution in [1.82, 2.24) is 19.9 Å². The summed E-state index contributed by atoms with van der Waals surface area (Å²) in [5, 5.41) is -0.0922. The zero-order chi connectivity index (χ0) is 20.1. The normalized spacial score (nSPS) is 19.9. The minimum absolute atomic E-state index is 0.00603. The van der Waals surface area contributed by atoms with Gasteiger partial charge >= 0.3 is 0 Å². The van der Waals surface area contributed by atoms with Crippen LogP contribution in [0.15, 0.2) is 41.7 Å². The molecule has 0 spiro atoms. The number of allylic oxidation sites excluding steroid dienone is 1. The number of pyridine rings is 1. The van der Waals surface area contributed by atoms with Gasteiger partial charge in [0.05, 0.1) is 17.0 Å². The summed E-state index contributed by atoms with van der Waals surface area (Å²) < 4.78 is 0. The highest BCUT2D eigenvalue weighted by Crippen LogP contribution is 2.30. The van der Waals surface area contributed by atoms with Gasteiger partial charge in [-0.3, -0.25) is 19.5 Å². The first kappa shape index (κ1) is 19.9. The first-order valence-corrected chi connectivity index (χ1v) is 10.9. The zero-order valence-electron chi connectivity index (χ0n) is 16.3. The van der Waals surface area contributed by atoms with E-state index >= 15 is 0 Å². The largest absolute Gasteiger partial charge is 0.299 e. The van der Waals surface area contributed by atoms with Crippen LogP contribution in [0, 0.1) is 5.92 Å². The average molecular weight is 409 g/mol. The van der Waals surface area contributed by atoms with Crippen molar-refractivity contribution in [3.63, 3.8) is 0 Å². The number of aromatic nitrogens is 3. The fourth-order valence-corrected chi connectivity index (χ4v) is 4.62. The van der Waals surface area contributed by atoms with Crippen molar-refractivity contribution in [3.05, 3.63) is 58.8 Å². The van der Waals surface area contributed by atoms with Crippen LogP contribution in [0.2, 0.25) is 0 Å². The Hall–Kier alpha value is -2.38. The van der Waals surface area contributed by atoms with E-state index in [2.05, 4.69) is 25.9 Å². The summed E-state index contributed by atoms with van der Waals surface area (Å²) in [5.41, 5.74) is 1.97. The van der Waals surface area contributed by atoms with E-state index in [1.165, 1.54) is 18.4 Å². The van der Waals surface area contributed by atoms with Crippen LogP contribution in [0.25, 0.3) is 6.08 Å². The molecular weight excluding hydrogens is 384 g/mol. The van der Waals surface area contributed by atoms with E-state index < -0.39 is 0 Å². The van der Waals surface area contributed by atoms with E-state index in [0.717, 1.165) is 50.1 Å². The number of carbonyl (C=O) groups is 2. The second-order valence-corrected chi connectivity index (χ2v) is 8.70. The molecule has 0 aliphatic carbocycles. The Morgan fingerprint density at radius 2 is 2.03 bits per heavy atom. The van der Waals surface area contributed by atoms with Crippen LogP contribution >= 0.6 is 11.8 Å². The highest BCUT2D eigenvalue weighted by molar-refractivity contribution is 8.18. The maximum atomic E-state index is 11.8. The quantitative estimate of drug-likeness (QED) is 0.536. The summed E-state index contributed by atoms with van der Waals surface area (Å²) in [6, 6.07) is 5.90. The lowest BCUT2D eigenvalue weighted by atomic mass is 9.92. The van der Waals surface area contributed by atoms with Gasteiger partial charge in [0.25, 0.3) is 0 Å². The Labute approximate surface area is 174 Å². The van der Waals surface area contributed by atoms with Gasteiger partial charge in [-0.25, -0.2) is 9.97 Å². The van der Waals surface area contributed by atoms with E-state index in [4.69, 9.17) is 0 Å². The molecule has 2 aliphatic heterocycles. The predicted molar refractivity (Wildman–Crippen MR) is 113 cm³/mol. The molecule has 0 amide bonds. The highest BCUT2D eigenvalue weighted by Gasteiger charge is 2.26. The SMILES string of the molecule is O=C1CC(=O)/C(=C/c2ccnc(CCC3CCN(Cc4cccnc4)CC3)n2)S1. The number of Topliss-reactive ketones (excluding diaryl/α,β-unsaturated/α-hetero) is 1. The molecule has 150 valence electrons. The lowest BCUT2D eigenvalue weighted by molar-refractivity contribution is -0.119. The molecule has 2 aliphatic rings. The van der Waals surface area contributed by atoms with Gasteiger partial charge < -0.3 is 0 Å². The molecule has 6 nitrogen and oxygen atoms in total. The number of piperidine rings is 1. The molecule has 2 fully saturated rings. The molecule has 4 heterocycles. The summed E-state index contributed by atoms with van der Waals surface area (Å²) in [5.74, 6) is 1.38. The molecule has 2 aromatic rings. The minimum Gasteiger partial charge on any atom is -0.299 e. The molecule has 0 aromatic carbocycles. The zero-order valence-corrected chi connectivity index (χ0v) is 17.1. The van der Waals surface area contributed by atoms with E-state index in [-0.39, 0.29) is 17.3 Å². The number of ketones is 1. The maximum absolute atomic E-state index is 11.8. The summed E-state index contributed by atoms with van der Waals surface area (Å²) >= 11 is 1.01. The first-order chi connectivity index (χ1) is 14.2. The third-order valence-corrected chi connectivity index (χ3v) is 6.36. The topological polar surface area (TPSA) is 76.1 Å². The standard InChI is InChI=1S/C22H24N4O2S/c27-19-13-22(28)29-20(19)12-18-5-9-24-21(25-18)4-3-16-6-10-26(11-7-16)15-17-2-1-8-23-14-17/h1-2,5,8-9,12,14,16H,3-4,6-7,10-11,13,15H2/b20-12-.